The number of halogens is 3. The number of amides is 1. The molecule has 1 aliphatic rings. The highest BCUT2D eigenvalue weighted by atomic mass is 19.4. The molecule has 0 atom stereocenters. The van der Waals surface area contributed by atoms with Gasteiger partial charge in [0, 0.05) is 50.7 Å². The molecule has 0 radical (unpaired) electrons. The van der Waals surface area contributed by atoms with Crippen LogP contribution in [0.4, 0.5) is 19.0 Å². The van der Waals surface area contributed by atoms with E-state index >= 15 is 0 Å². The molecule has 1 aromatic carbocycles. The Morgan fingerprint density at radius 2 is 1.90 bits per heavy atom. The molecule has 0 bridgehead atoms. The van der Waals surface area contributed by atoms with E-state index in [1.54, 1.807) is 24.3 Å². The monoisotopic (exact) mass is 579 g/mol. The lowest BCUT2D eigenvalue weighted by molar-refractivity contribution is -0.141. The van der Waals surface area contributed by atoms with Crippen LogP contribution >= 0.6 is 0 Å². The number of carbonyl (C=O) groups excluding carboxylic acids is 1. The van der Waals surface area contributed by atoms with Crippen LogP contribution in [0.1, 0.15) is 41.3 Å². The maximum Gasteiger partial charge on any atom is 0.434 e. The lowest BCUT2D eigenvalue weighted by Crippen LogP contribution is -2.26. The van der Waals surface area contributed by atoms with Crippen molar-refractivity contribution in [1.29, 1.82) is 5.41 Å². The van der Waals surface area contributed by atoms with Gasteiger partial charge in [-0.2, -0.15) is 13.2 Å². The molecule has 0 saturated heterocycles. The van der Waals surface area contributed by atoms with Crippen molar-refractivity contribution in [2.45, 2.75) is 38.0 Å². The third-order valence-corrected chi connectivity index (χ3v) is 6.74. The van der Waals surface area contributed by atoms with Crippen molar-refractivity contribution in [3.8, 4) is 28.7 Å². The molecule has 0 spiro atoms. The molecule has 2 N–H and O–H groups in total. The molecule has 11 nitrogen and oxygen atoms in total. The maximum atomic E-state index is 13.4. The Morgan fingerprint density at radius 1 is 1.17 bits per heavy atom. The largest absolute Gasteiger partial charge is 0.480 e. The summed E-state index contributed by atoms with van der Waals surface area (Å²) in [7, 11) is 4.59. The zero-order chi connectivity index (χ0) is 30.0. The predicted molar refractivity (Wildman–Crippen MR) is 148 cm³/mol. The number of methoxy groups -OCH3 is 1. The Kier molecular flexibility index (Phi) is 7.87. The fourth-order valence-electron chi connectivity index (χ4n) is 4.32. The summed E-state index contributed by atoms with van der Waals surface area (Å²) in [6.45, 7) is 0.0215. The second-order valence-corrected chi connectivity index (χ2v) is 9.97. The average molecular weight is 580 g/mol. The maximum absolute atomic E-state index is 13.4. The van der Waals surface area contributed by atoms with E-state index in [9.17, 15) is 18.0 Å². The van der Waals surface area contributed by atoms with Crippen molar-refractivity contribution in [3.63, 3.8) is 0 Å². The quantitative estimate of drug-likeness (QED) is 0.264. The smallest absolute Gasteiger partial charge is 0.434 e. The Balaban J connectivity index is 1.39. The number of aromatic nitrogens is 6. The Hall–Kier alpha value is -4.88. The Bertz CT molecular complexity index is 1610. The second-order valence-electron chi connectivity index (χ2n) is 9.97. The SMILES string of the molecule is COc1ncnc(C2CC2)c1-c1ncc(C=N)c(NCc2ccc(-c3nc(C(F)(F)F)cn3CC(=O)N(C)C)cc2)n1. The molecule has 5 rings (SSSR count). The number of imidazole rings is 1. The van der Waals surface area contributed by atoms with Gasteiger partial charge in [0.2, 0.25) is 11.8 Å². The van der Waals surface area contributed by atoms with Crippen molar-refractivity contribution in [2.75, 3.05) is 26.5 Å². The number of ether oxygens (including phenoxy) is 1. The minimum atomic E-state index is -4.65. The summed E-state index contributed by atoms with van der Waals surface area (Å²) in [6, 6.07) is 6.78. The molecule has 218 valence electrons. The molecule has 42 heavy (non-hydrogen) atoms. The summed E-state index contributed by atoms with van der Waals surface area (Å²) in [5, 5.41) is 11.0. The minimum Gasteiger partial charge on any atom is -0.480 e. The van der Waals surface area contributed by atoms with Crippen LogP contribution in [0.25, 0.3) is 22.8 Å². The van der Waals surface area contributed by atoms with Crippen molar-refractivity contribution in [1.82, 2.24) is 34.4 Å². The first-order valence-corrected chi connectivity index (χ1v) is 13.0. The van der Waals surface area contributed by atoms with Crippen LogP contribution in [0.15, 0.2) is 43.0 Å². The zero-order valence-electron chi connectivity index (χ0n) is 23.1. The number of carbonyl (C=O) groups is 1. The normalized spacial score (nSPS) is 13.1. The summed E-state index contributed by atoms with van der Waals surface area (Å²) in [4.78, 5) is 35.1. The number of alkyl halides is 3. The van der Waals surface area contributed by atoms with E-state index in [4.69, 9.17) is 10.1 Å². The van der Waals surface area contributed by atoms with Crippen molar-refractivity contribution >= 4 is 17.9 Å². The number of hydrogen-bond donors (Lipinski definition) is 2. The predicted octanol–water partition coefficient (Wildman–Crippen LogP) is 4.40. The average Bonchev–Trinajstić information content (AvgIpc) is 3.74. The number of anilines is 1. The first-order valence-electron chi connectivity index (χ1n) is 13.0. The standard InChI is InChI=1S/C28H28F3N9O2/c1-39(2)21(41)14-40-13-20(28(29,30)31)37-26(40)18-6-4-16(5-7-18)11-33-24-19(10-32)12-34-25(38-24)22-23(17-8-9-17)35-15-36-27(22)42-3/h4-7,10,12-13,15,17,32H,8-9,11,14H2,1-3H3,(H,33,34,38). The van der Waals surface area contributed by atoms with Crippen LogP contribution in [0.2, 0.25) is 0 Å². The van der Waals surface area contributed by atoms with Crippen LogP contribution in [0.3, 0.4) is 0 Å². The topological polar surface area (TPSA) is 135 Å². The van der Waals surface area contributed by atoms with Crippen molar-refractivity contribution in [2.24, 2.45) is 0 Å². The summed E-state index contributed by atoms with van der Waals surface area (Å²) in [6.07, 6.45) is 2.36. The fourth-order valence-corrected chi connectivity index (χ4v) is 4.32. The second kappa shape index (κ2) is 11.5. The lowest BCUT2D eigenvalue weighted by atomic mass is 10.1. The molecule has 3 heterocycles. The molecule has 1 saturated carbocycles. The van der Waals surface area contributed by atoms with Gasteiger partial charge >= 0.3 is 6.18 Å². The summed E-state index contributed by atoms with van der Waals surface area (Å²) in [5.41, 5.74) is 2.06. The van der Waals surface area contributed by atoms with Gasteiger partial charge in [-0.25, -0.2) is 24.9 Å². The van der Waals surface area contributed by atoms with E-state index in [0.29, 0.717) is 46.7 Å². The van der Waals surface area contributed by atoms with E-state index in [2.05, 4.69) is 30.2 Å². The Labute approximate surface area is 239 Å². The van der Waals surface area contributed by atoms with Gasteiger partial charge in [-0.3, -0.25) is 4.79 Å². The van der Waals surface area contributed by atoms with Crippen LogP contribution in [-0.2, 0) is 24.1 Å². The van der Waals surface area contributed by atoms with Gasteiger partial charge in [0.05, 0.1) is 18.4 Å². The zero-order valence-corrected chi connectivity index (χ0v) is 23.1. The fraction of sp³-hybridized carbons (Fsp3) is 0.321. The van der Waals surface area contributed by atoms with Crippen LogP contribution in [0.5, 0.6) is 5.88 Å². The number of nitrogens with zero attached hydrogens (tertiary/aromatic N) is 7. The molecule has 1 amide bonds. The van der Waals surface area contributed by atoms with Gasteiger partial charge in [0.1, 0.15) is 30.1 Å². The molecule has 14 heteroatoms. The van der Waals surface area contributed by atoms with Gasteiger partial charge in [0.25, 0.3) is 0 Å². The van der Waals surface area contributed by atoms with Crippen LogP contribution in [0, 0.1) is 5.41 Å². The minimum absolute atomic E-state index is 0.0362. The van der Waals surface area contributed by atoms with Crippen molar-refractivity contribution in [3.05, 3.63) is 65.5 Å². The molecule has 4 aromatic rings. The highest BCUT2D eigenvalue weighted by molar-refractivity contribution is 5.84. The molecule has 1 fully saturated rings. The molecular formula is C28H28F3N9O2. The number of hydrogen-bond acceptors (Lipinski definition) is 9. The highest BCUT2D eigenvalue weighted by Crippen LogP contribution is 2.45. The molecule has 0 unspecified atom stereocenters. The van der Waals surface area contributed by atoms with E-state index in [1.165, 1.54) is 43.2 Å². The van der Waals surface area contributed by atoms with Crippen molar-refractivity contribution < 1.29 is 22.7 Å². The van der Waals surface area contributed by atoms with Crippen LogP contribution < -0.4 is 10.1 Å². The third kappa shape index (κ3) is 6.06. The van der Waals surface area contributed by atoms with Gasteiger partial charge in [-0.05, 0) is 18.4 Å². The van der Waals surface area contributed by atoms with E-state index in [1.807, 2.05) is 0 Å². The summed E-state index contributed by atoms with van der Waals surface area (Å²) >= 11 is 0. The first-order chi connectivity index (χ1) is 20.1. The van der Waals surface area contributed by atoms with Gasteiger partial charge in [0.15, 0.2) is 11.5 Å². The number of likely N-dealkylation sites (N-methyl/N-ethyl adjacent to an activating group) is 1. The van der Waals surface area contributed by atoms with E-state index in [-0.39, 0.29) is 18.3 Å². The van der Waals surface area contributed by atoms with E-state index in [0.717, 1.165) is 36.5 Å². The Morgan fingerprint density at radius 3 is 2.52 bits per heavy atom. The van der Waals surface area contributed by atoms with Gasteiger partial charge < -0.3 is 24.9 Å². The van der Waals surface area contributed by atoms with Crippen LogP contribution in [-0.4, -0.2) is 67.7 Å². The number of benzene rings is 1. The third-order valence-electron chi connectivity index (χ3n) is 6.74. The molecule has 3 aromatic heterocycles. The van der Waals surface area contributed by atoms with E-state index < -0.39 is 11.9 Å². The first kappa shape index (κ1) is 28.6. The highest BCUT2D eigenvalue weighted by Gasteiger charge is 2.35. The summed E-state index contributed by atoms with van der Waals surface area (Å²) < 4.78 is 46.9. The lowest BCUT2D eigenvalue weighted by Gasteiger charge is -2.14. The number of rotatable bonds is 10. The van der Waals surface area contributed by atoms with Gasteiger partial charge in [-0.15, -0.1) is 0 Å². The number of nitrogens with one attached hydrogen (secondary N) is 2. The van der Waals surface area contributed by atoms with Gasteiger partial charge in [-0.1, -0.05) is 24.3 Å². The summed E-state index contributed by atoms with van der Waals surface area (Å²) in [5.74, 6) is 1.13. The molecular weight excluding hydrogens is 551 g/mol. The molecule has 1 aliphatic carbocycles. The molecule has 0 aliphatic heterocycles.